The van der Waals surface area contributed by atoms with Crippen molar-refractivity contribution in [1.29, 1.82) is 0 Å². The van der Waals surface area contributed by atoms with Crippen LogP contribution in [0.15, 0.2) is 38.5 Å². The van der Waals surface area contributed by atoms with Crippen molar-refractivity contribution in [3.8, 4) is 0 Å². The zero-order chi connectivity index (χ0) is 9.71. The molecule has 7 heteroatoms. The number of rotatable bonds is 0. The molecule has 0 aromatic heterocycles. The van der Waals surface area contributed by atoms with Crippen molar-refractivity contribution in [2.75, 3.05) is 0 Å². The third kappa shape index (κ3) is 1.45. The van der Waals surface area contributed by atoms with Gasteiger partial charge in [-0.1, -0.05) is 0 Å². The third-order valence-electron chi connectivity index (χ3n) is 2.18. The Balaban J connectivity index is 0.000000640. The van der Waals surface area contributed by atoms with Gasteiger partial charge in [0, 0.05) is 17.4 Å². The van der Waals surface area contributed by atoms with Gasteiger partial charge in [0.15, 0.2) is 5.71 Å². The first-order valence-electron chi connectivity index (χ1n) is 3.99. The van der Waals surface area contributed by atoms with Crippen LogP contribution in [-0.4, -0.2) is 29.3 Å². The summed E-state index contributed by atoms with van der Waals surface area (Å²) >= 11 is 0. The lowest BCUT2D eigenvalue weighted by Gasteiger charge is -2.12. The fourth-order valence-electron chi connectivity index (χ4n) is 1.53. The zero-order valence-electron chi connectivity index (χ0n) is 7.71. The third-order valence-corrected chi connectivity index (χ3v) is 2.18. The summed E-state index contributed by atoms with van der Waals surface area (Å²) in [6.07, 6.45) is 4.45. The maximum absolute atomic E-state index is 11.3. The predicted molar refractivity (Wildman–Crippen MR) is 64.0 cm³/mol. The van der Waals surface area contributed by atoms with Gasteiger partial charge in [0.05, 0.1) is 0 Å². The van der Waals surface area contributed by atoms with E-state index in [1.807, 2.05) is 0 Å². The molecule has 0 unspecified atom stereocenters. The molecule has 1 aliphatic carbocycles. The normalized spacial score (nSPS) is 19.8. The summed E-state index contributed by atoms with van der Waals surface area (Å²) in [5.74, 6) is -0.656. The van der Waals surface area contributed by atoms with E-state index in [0.29, 0.717) is 5.57 Å². The minimum Gasteiger partial charge on any atom is -0.287 e. The minimum atomic E-state index is -0.439. The molecule has 16 heavy (non-hydrogen) atoms. The molecule has 0 spiro atoms. The number of dihydropyridines is 1. The molecule has 3 aliphatic rings. The van der Waals surface area contributed by atoms with Gasteiger partial charge >= 0.3 is 0 Å². The van der Waals surface area contributed by atoms with Gasteiger partial charge < -0.3 is 0 Å². The number of ketones is 1. The average Bonchev–Trinajstić information content (AvgIpc) is 2.62. The van der Waals surface area contributed by atoms with E-state index in [0.717, 1.165) is 5.57 Å². The second kappa shape index (κ2) is 4.11. The molecule has 3 rings (SSSR count). The molecule has 0 bridgehead atoms. The van der Waals surface area contributed by atoms with Gasteiger partial charge in [0.2, 0.25) is 5.78 Å². The number of carbonyl (C=O) groups excluding carboxylic acids is 2. The van der Waals surface area contributed by atoms with Crippen LogP contribution in [0.25, 0.3) is 0 Å². The van der Waals surface area contributed by atoms with E-state index in [1.165, 1.54) is 12.3 Å². The highest BCUT2D eigenvalue weighted by Crippen LogP contribution is 2.23. The Labute approximate surface area is 103 Å². The molecular weight excluding hydrogens is 253 g/mol. The van der Waals surface area contributed by atoms with Crippen molar-refractivity contribution >= 4 is 54.1 Å². The Bertz CT molecular complexity index is 495. The van der Waals surface area contributed by atoms with Crippen molar-refractivity contribution in [2.45, 2.75) is 0 Å². The zero-order valence-corrected chi connectivity index (χ0v) is 9.34. The van der Waals surface area contributed by atoms with Gasteiger partial charge in [0.25, 0.3) is 5.91 Å². The smallest absolute Gasteiger partial charge is 0.287 e. The lowest BCUT2D eigenvalue weighted by atomic mass is 9.90. The molecule has 82 valence electrons. The highest BCUT2D eigenvalue weighted by molar-refractivity contribution is 6.67. The molecule has 2 heterocycles. The summed E-state index contributed by atoms with van der Waals surface area (Å²) in [7, 11) is 0. The van der Waals surface area contributed by atoms with Crippen LogP contribution in [0.4, 0.5) is 0 Å². The van der Waals surface area contributed by atoms with Crippen LogP contribution >= 0.6 is 24.8 Å². The number of amides is 1. The summed E-state index contributed by atoms with van der Waals surface area (Å²) < 4.78 is 0. The van der Waals surface area contributed by atoms with Gasteiger partial charge in [-0.15, -0.1) is 35.0 Å². The Kier molecular flexibility index (Phi) is 3.21. The largest absolute Gasteiger partial charge is 0.298 e. The van der Waals surface area contributed by atoms with E-state index in [9.17, 15) is 9.59 Å². The summed E-state index contributed by atoms with van der Waals surface area (Å²) in [4.78, 5) is 26.2. The number of carbonyl (C=O) groups is 2. The van der Waals surface area contributed by atoms with Crippen molar-refractivity contribution in [3.05, 3.63) is 23.3 Å². The standard InChI is InChI=1S/C9H3N3O2.2ClH/c13-5-2-1-4-3-10-9(14)8-6(4)7(5)11-12-8;;/h1-3H;2*1H. The van der Waals surface area contributed by atoms with Crippen LogP contribution < -0.4 is 0 Å². The van der Waals surface area contributed by atoms with Crippen LogP contribution in [0.3, 0.4) is 0 Å². The van der Waals surface area contributed by atoms with E-state index < -0.39 is 5.91 Å². The summed E-state index contributed by atoms with van der Waals surface area (Å²) in [6, 6.07) is 0. The average molecular weight is 258 g/mol. The first kappa shape index (κ1) is 12.5. The van der Waals surface area contributed by atoms with Crippen molar-refractivity contribution in [2.24, 2.45) is 15.2 Å². The van der Waals surface area contributed by atoms with Crippen LogP contribution in [0.5, 0.6) is 0 Å². The van der Waals surface area contributed by atoms with Crippen molar-refractivity contribution < 1.29 is 9.59 Å². The minimum absolute atomic E-state index is 0. The molecular formula is C9H5Cl2N3O2. The number of aliphatic imine (C=N–C) groups is 1. The molecule has 0 aromatic rings. The van der Waals surface area contributed by atoms with Crippen molar-refractivity contribution in [3.63, 3.8) is 0 Å². The molecule has 0 fully saturated rings. The number of nitrogens with zero attached hydrogens (tertiary/aromatic N) is 3. The SMILES string of the molecule is Cl.Cl.O=C1C=CC2=C3C1=NN=C3C(=O)N=C2. The Hall–Kier alpha value is -1.59. The maximum Gasteiger partial charge on any atom is 0.298 e. The predicted octanol–water partition coefficient (Wildman–Crippen LogP) is 0.687. The monoisotopic (exact) mass is 257 g/mol. The van der Waals surface area contributed by atoms with Crippen molar-refractivity contribution in [1.82, 2.24) is 0 Å². The molecule has 0 aromatic carbocycles. The molecule has 0 saturated heterocycles. The molecule has 0 saturated carbocycles. The second-order valence-corrected chi connectivity index (χ2v) is 2.99. The summed E-state index contributed by atoms with van der Waals surface area (Å²) in [5.41, 5.74) is 1.67. The molecule has 1 amide bonds. The van der Waals surface area contributed by atoms with E-state index in [-0.39, 0.29) is 42.0 Å². The second-order valence-electron chi connectivity index (χ2n) is 2.99. The van der Waals surface area contributed by atoms with Gasteiger partial charge in [-0.05, 0) is 12.2 Å². The van der Waals surface area contributed by atoms with Crippen LogP contribution in [0.2, 0.25) is 0 Å². The molecule has 2 aliphatic heterocycles. The fraction of sp³-hybridized carbons (Fsp3) is 0. The summed E-state index contributed by atoms with van der Waals surface area (Å²) in [6.45, 7) is 0. The number of hydrogen-bond acceptors (Lipinski definition) is 4. The van der Waals surface area contributed by atoms with Gasteiger partial charge in [0.1, 0.15) is 5.71 Å². The molecule has 0 atom stereocenters. The van der Waals surface area contributed by atoms with Crippen LogP contribution in [-0.2, 0) is 9.59 Å². The Morgan fingerprint density at radius 2 is 1.62 bits per heavy atom. The molecule has 0 N–H and O–H groups in total. The number of halogens is 2. The Morgan fingerprint density at radius 3 is 2.38 bits per heavy atom. The lowest BCUT2D eigenvalue weighted by molar-refractivity contribution is -0.111. The summed E-state index contributed by atoms with van der Waals surface area (Å²) in [5, 5.41) is 7.33. The quantitative estimate of drug-likeness (QED) is 0.599. The van der Waals surface area contributed by atoms with Gasteiger partial charge in [-0.2, -0.15) is 0 Å². The first-order valence-corrected chi connectivity index (χ1v) is 3.99. The lowest BCUT2D eigenvalue weighted by Crippen LogP contribution is -2.28. The van der Waals surface area contributed by atoms with E-state index in [4.69, 9.17) is 0 Å². The van der Waals surface area contributed by atoms with E-state index in [1.54, 1.807) is 6.08 Å². The highest BCUT2D eigenvalue weighted by Gasteiger charge is 2.35. The maximum atomic E-state index is 11.3. The highest BCUT2D eigenvalue weighted by atomic mass is 35.5. The number of hydrogen-bond donors (Lipinski definition) is 0. The molecule has 5 nitrogen and oxygen atoms in total. The van der Waals surface area contributed by atoms with Gasteiger partial charge in [-0.25, -0.2) is 4.99 Å². The van der Waals surface area contributed by atoms with Gasteiger partial charge in [-0.3, -0.25) is 9.59 Å². The van der Waals surface area contributed by atoms with E-state index >= 15 is 0 Å². The first-order chi connectivity index (χ1) is 6.77. The fourth-order valence-corrected chi connectivity index (χ4v) is 1.53. The van der Waals surface area contributed by atoms with Crippen LogP contribution in [0, 0.1) is 0 Å². The molecule has 0 radical (unpaired) electrons. The topological polar surface area (TPSA) is 71.2 Å². The van der Waals surface area contributed by atoms with E-state index in [2.05, 4.69) is 15.2 Å². The van der Waals surface area contributed by atoms with Crippen LogP contribution in [0.1, 0.15) is 0 Å². The Morgan fingerprint density at radius 1 is 0.938 bits per heavy atom. The number of allylic oxidation sites excluding steroid dienone is 3.